The Kier molecular flexibility index (Phi) is 9.62. The van der Waals surface area contributed by atoms with E-state index in [1.54, 1.807) is 39.3 Å². The fourth-order valence-electron chi connectivity index (χ4n) is 2.35. The molecular weight excluding hydrogens is 449 g/mol. The number of esters is 1. The van der Waals surface area contributed by atoms with Crippen LogP contribution in [0, 0.1) is 0 Å². The SMILES string of the molecule is C=C(C)C(=O)OCCC(C[N+](C)(C)C)OP(=O)(O)OC(=Cc1ccccc1)S(=O)(=O)O. The van der Waals surface area contributed by atoms with Gasteiger partial charge in [-0.3, -0.25) is 14.0 Å². The van der Waals surface area contributed by atoms with Crippen molar-refractivity contribution in [2.75, 3.05) is 34.3 Å². The molecule has 2 N–H and O–H groups in total. The van der Waals surface area contributed by atoms with E-state index in [0.29, 0.717) is 10.0 Å². The Balaban J connectivity index is 3.01. The van der Waals surface area contributed by atoms with Gasteiger partial charge in [-0.15, -0.1) is 0 Å². The van der Waals surface area contributed by atoms with E-state index < -0.39 is 35.1 Å². The molecule has 31 heavy (non-hydrogen) atoms. The Morgan fingerprint density at radius 3 is 2.32 bits per heavy atom. The van der Waals surface area contributed by atoms with Crippen LogP contribution >= 0.6 is 7.82 Å². The summed E-state index contributed by atoms with van der Waals surface area (Å²) in [5.41, 5.74) is 0.508. The summed E-state index contributed by atoms with van der Waals surface area (Å²) < 4.78 is 60.4. The molecule has 1 aromatic rings. The Morgan fingerprint density at radius 2 is 1.84 bits per heavy atom. The van der Waals surface area contributed by atoms with Gasteiger partial charge in [-0.25, -0.2) is 9.36 Å². The van der Waals surface area contributed by atoms with Crippen LogP contribution in [0.1, 0.15) is 18.9 Å². The molecule has 12 heteroatoms. The van der Waals surface area contributed by atoms with Gasteiger partial charge in [0.2, 0.25) is 5.09 Å². The zero-order chi connectivity index (χ0) is 23.9. The van der Waals surface area contributed by atoms with Crippen molar-refractivity contribution in [2.24, 2.45) is 0 Å². The number of quaternary nitrogens is 1. The summed E-state index contributed by atoms with van der Waals surface area (Å²) in [6.45, 7) is 5.03. The molecule has 0 heterocycles. The lowest BCUT2D eigenvalue weighted by molar-refractivity contribution is -0.873. The van der Waals surface area contributed by atoms with E-state index in [1.165, 1.54) is 19.1 Å². The Bertz CT molecular complexity index is 952. The van der Waals surface area contributed by atoms with E-state index in [4.69, 9.17) is 13.8 Å². The number of ether oxygens (including phenoxy) is 1. The van der Waals surface area contributed by atoms with E-state index >= 15 is 0 Å². The minimum absolute atomic E-state index is 0.0338. The first kappa shape index (κ1) is 27.0. The van der Waals surface area contributed by atoms with E-state index in [-0.39, 0.29) is 25.1 Å². The summed E-state index contributed by atoms with van der Waals surface area (Å²) in [4.78, 5) is 21.7. The first-order valence-corrected chi connectivity index (χ1v) is 12.1. The van der Waals surface area contributed by atoms with Gasteiger partial charge < -0.3 is 13.7 Å². The second-order valence-corrected chi connectivity index (χ2v) is 10.5. The predicted octanol–water partition coefficient (Wildman–Crippen LogP) is 2.59. The Morgan fingerprint density at radius 1 is 1.26 bits per heavy atom. The van der Waals surface area contributed by atoms with Gasteiger partial charge in [0, 0.05) is 18.1 Å². The van der Waals surface area contributed by atoms with Crippen molar-refractivity contribution < 1.29 is 45.5 Å². The van der Waals surface area contributed by atoms with E-state index in [0.717, 1.165) is 6.08 Å². The highest BCUT2D eigenvalue weighted by Gasteiger charge is 2.35. The van der Waals surface area contributed by atoms with Crippen molar-refractivity contribution in [1.82, 2.24) is 0 Å². The number of phosphoric ester groups is 1. The normalized spacial score (nSPS) is 15.6. The number of rotatable bonds is 12. The molecule has 2 atom stereocenters. The lowest BCUT2D eigenvalue weighted by Gasteiger charge is -2.29. The average Bonchev–Trinajstić information content (AvgIpc) is 2.59. The Labute approximate surface area is 182 Å². The van der Waals surface area contributed by atoms with Crippen LogP contribution in [0.3, 0.4) is 0 Å². The number of hydrogen-bond acceptors (Lipinski definition) is 7. The highest BCUT2D eigenvalue weighted by atomic mass is 32.2. The van der Waals surface area contributed by atoms with Gasteiger partial charge in [-0.1, -0.05) is 36.9 Å². The van der Waals surface area contributed by atoms with Gasteiger partial charge in [0.05, 0.1) is 27.7 Å². The highest BCUT2D eigenvalue weighted by Crippen LogP contribution is 2.48. The van der Waals surface area contributed by atoms with E-state index in [1.807, 2.05) is 0 Å². The number of phosphoric acid groups is 1. The highest BCUT2D eigenvalue weighted by molar-refractivity contribution is 7.90. The standard InChI is InChI=1S/C19H28NO9PS/c1-15(2)19(21)27-12-11-17(14-20(3,4)5)28-30(22,23)29-18(31(24,25)26)13-16-9-7-6-8-10-16/h6-10,13,17H,1,11-12,14H2,2-5H3,(H-,22,23,24,25,26)/p+1. The second-order valence-electron chi connectivity index (χ2n) is 7.81. The molecule has 0 radical (unpaired) electrons. The molecule has 0 saturated carbocycles. The number of carbonyl (C=O) groups excluding carboxylic acids is 1. The van der Waals surface area contributed by atoms with Crippen molar-refractivity contribution in [3.05, 3.63) is 53.1 Å². The van der Waals surface area contributed by atoms with Crippen molar-refractivity contribution in [3.63, 3.8) is 0 Å². The molecule has 10 nitrogen and oxygen atoms in total. The summed E-state index contributed by atoms with van der Waals surface area (Å²) in [7, 11) is -4.53. The van der Waals surface area contributed by atoms with Gasteiger partial charge in [0.1, 0.15) is 12.6 Å². The third-order valence-corrected chi connectivity index (χ3v) is 5.42. The van der Waals surface area contributed by atoms with Crippen LogP contribution in [0.5, 0.6) is 0 Å². The summed E-state index contributed by atoms with van der Waals surface area (Å²) in [5, 5.41) is -1.14. The largest absolute Gasteiger partial charge is 0.528 e. The lowest BCUT2D eigenvalue weighted by Crippen LogP contribution is -2.42. The third-order valence-electron chi connectivity index (χ3n) is 3.60. The summed E-state index contributed by atoms with van der Waals surface area (Å²) in [6.07, 6.45) is -0.00925. The number of hydrogen-bond donors (Lipinski definition) is 2. The second kappa shape index (κ2) is 11.0. The summed E-state index contributed by atoms with van der Waals surface area (Å²) in [5.74, 6) is -0.619. The third kappa shape index (κ3) is 11.3. The van der Waals surface area contributed by atoms with Gasteiger partial charge in [-0.2, -0.15) is 8.42 Å². The fraction of sp³-hybridized carbons (Fsp3) is 0.421. The minimum Gasteiger partial charge on any atom is -0.462 e. The van der Waals surface area contributed by atoms with Crippen molar-refractivity contribution in [3.8, 4) is 0 Å². The molecule has 0 bridgehead atoms. The molecule has 0 amide bonds. The number of carbonyl (C=O) groups is 1. The maximum Gasteiger partial charge on any atom is 0.528 e. The van der Waals surface area contributed by atoms with Crippen LogP contribution in [0.25, 0.3) is 6.08 Å². The molecule has 0 saturated heterocycles. The van der Waals surface area contributed by atoms with Crippen molar-refractivity contribution in [1.29, 1.82) is 0 Å². The quantitative estimate of drug-likeness (QED) is 0.116. The van der Waals surface area contributed by atoms with Crippen molar-refractivity contribution in [2.45, 2.75) is 19.4 Å². The van der Waals surface area contributed by atoms with Gasteiger partial charge in [0.25, 0.3) is 0 Å². The molecule has 1 rings (SSSR count). The van der Waals surface area contributed by atoms with Crippen LogP contribution in [0.15, 0.2) is 47.6 Å². The molecule has 0 aliphatic heterocycles. The molecule has 2 unspecified atom stereocenters. The van der Waals surface area contributed by atoms with E-state index in [9.17, 15) is 27.2 Å². The molecule has 0 spiro atoms. The zero-order valence-electron chi connectivity index (χ0n) is 17.9. The fourth-order valence-corrected chi connectivity index (χ4v) is 4.17. The number of likely N-dealkylation sites (N-methyl/N-ethyl adjacent to an activating group) is 1. The van der Waals surface area contributed by atoms with Crippen LogP contribution < -0.4 is 0 Å². The zero-order valence-corrected chi connectivity index (χ0v) is 19.6. The van der Waals surface area contributed by atoms with Crippen LogP contribution in [-0.2, 0) is 33.3 Å². The van der Waals surface area contributed by atoms with Crippen LogP contribution in [-0.4, -0.2) is 68.7 Å². The average molecular weight is 478 g/mol. The van der Waals surface area contributed by atoms with Gasteiger partial charge >= 0.3 is 23.9 Å². The lowest BCUT2D eigenvalue weighted by atomic mass is 10.2. The molecule has 0 aliphatic carbocycles. The Hall–Kier alpha value is -2.01. The topological polar surface area (TPSA) is 136 Å². The van der Waals surface area contributed by atoms with Crippen LogP contribution in [0.2, 0.25) is 0 Å². The predicted molar refractivity (Wildman–Crippen MR) is 115 cm³/mol. The maximum atomic E-state index is 12.5. The van der Waals surface area contributed by atoms with Crippen molar-refractivity contribution >= 4 is 30.0 Å². The summed E-state index contributed by atoms with van der Waals surface area (Å²) in [6, 6.07) is 7.90. The van der Waals surface area contributed by atoms with Gasteiger partial charge in [-0.05, 0) is 12.5 Å². The van der Waals surface area contributed by atoms with Gasteiger partial charge in [0.15, 0.2) is 0 Å². The van der Waals surface area contributed by atoms with Crippen LogP contribution in [0.4, 0.5) is 0 Å². The molecule has 0 aromatic heterocycles. The monoisotopic (exact) mass is 478 g/mol. The smallest absolute Gasteiger partial charge is 0.462 e. The first-order chi connectivity index (χ1) is 14.1. The molecule has 0 aliphatic rings. The number of benzene rings is 1. The molecule has 174 valence electrons. The number of nitrogens with zero attached hydrogens (tertiary/aromatic N) is 1. The first-order valence-electron chi connectivity index (χ1n) is 9.17. The summed E-state index contributed by atoms with van der Waals surface area (Å²) >= 11 is 0. The molecule has 1 aromatic carbocycles. The maximum absolute atomic E-state index is 12.5. The van der Waals surface area contributed by atoms with E-state index in [2.05, 4.69) is 6.58 Å². The molecular formula is C19H29NO9PS+. The minimum atomic E-state index is -4.98. The molecule has 0 fully saturated rings.